The van der Waals surface area contributed by atoms with Crippen LogP contribution in [0.5, 0.6) is 0 Å². The fraction of sp³-hybridized carbons (Fsp3) is 0.797. The number of aliphatic hydroxyl groups is 7. The van der Waals surface area contributed by atoms with E-state index in [1.54, 1.807) is 0 Å². The second-order valence-corrected chi connectivity index (χ2v) is 21.5. The quantitative estimate of drug-likeness (QED) is 0.0172. The Labute approximate surface area is 472 Å². The fourth-order valence-corrected chi connectivity index (χ4v) is 9.53. The third kappa shape index (κ3) is 36.0. The van der Waals surface area contributed by atoms with Gasteiger partial charge in [0.05, 0.1) is 26.4 Å². The first-order chi connectivity index (χ1) is 38.1. The first-order valence-corrected chi connectivity index (χ1v) is 31.0. The molecule has 11 atom stereocenters. The summed E-state index contributed by atoms with van der Waals surface area (Å²) < 4.78 is 34.4. The van der Waals surface area contributed by atoms with Crippen LogP contribution in [0.4, 0.5) is 0 Å². The van der Waals surface area contributed by atoms with Crippen molar-refractivity contribution in [3.8, 4) is 0 Å². The first-order valence-electron chi connectivity index (χ1n) is 31.0. The molecule has 2 aliphatic heterocycles. The molecule has 2 rings (SSSR count). The fourth-order valence-electron chi connectivity index (χ4n) is 9.53. The van der Waals surface area contributed by atoms with E-state index in [0.29, 0.717) is 13.0 Å². The van der Waals surface area contributed by atoms with Crippen LogP contribution < -0.4 is 0 Å². The predicted molar refractivity (Wildman–Crippen MR) is 312 cm³/mol. The van der Waals surface area contributed by atoms with Gasteiger partial charge in [0.15, 0.2) is 12.6 Å². The van der Waals surface area contributed by atoms with Gasteiger partial charge in [0, 0.05) is 13.0 Å². The summed E-state index contributed by atoms with van der Waals surface area (Å²) in [4.78, 5) is 13.1. The van der Waals surface area contributed by atoms with Crippen molar-refractivity contribution in [2.75, 3.05) is 33.0 Å². The Kier molecular flexibility index (Phi) is 46.0. The lowest BCUT2D eigenvalue weighted by molar-refractivity contribution is -0.332. The zero-order valence-electron chi connectivity index (χ0n) is 48.6. The number of allylic oxidation sites excluding steroid dienone is 12. The van der Waals surface area contributed by atoms with E-state index in [1.807, 2.05) is 0 Å². The Morgan fingerprint density at radius 3 is 1.31 bits per heavy atom. The van der Waals surface area contributed by atoms with Crippen LogP contribution in [0.15, 0.2) is 72.9 Å². The molecule has 0 amide bonds. The molecule has 2 aliphatic rings. The zero-order chi connectivity index (χ0) is 56.5. The molecule has 2 fully saturated rings. The molecule has 14 nitrogen and oxygen atoms in total. The number of aliphatic hydroxyl groups excluding tert-OH is 7. The normalized spacial score (nSPS) is 24.6. The molecular weight excluding hydrogens is 993 g/mol. The standard InChI is InChI=1S/C64H112O14/c1-3-5-7-9-11-13-15-17-19-21-23-25-26-27-29-31-33-35-37-39-41-43-45-47-56(66)76-53(50-73-48-46-44-42-40-38-36-34-32-30-28-24-22-20-18-16-14-12-10-8-6-4-2)51-74-63-62(72)60(70)58(68)55(78-63)52-75-64-61(71)59(69)57(67)54(49-65)77-64/h5,7,11,13,17,19,23,25,27,29,33,35,53-55,57-65,67-72H,3-4,6,8-10,12,14-16,18,20-22,24,26,28,30-32,34,36-52H2,1-2H3/b7-5-,13-11-,19-17-,25-23-,29-27-,35-33-. The monoisotopic (exact) mass is 1100 g/mol. The first kappa shape index (κ1) is 71.5. The Hall–Kier alpha value is -2.57. The topological polar surface area (TPSA) is 214 Å². The number of esters is 1. The van der Waals surface area contributed by atoms with Gasteiger partial charge in [0.1, 0.15) is 54.9 Å². The van der Waals surface area contributed by atoms with E-state index >= 15 is 0 Å². The molecule has 7 N–H and O–H groups in total. The number of unbranched alkanes of at least 4 members (excludes halogenated alkanes) is 24. The van der Waals surface area contributed by atoms with Gasteiger partial charge in [0.2, 0.25) is 0 Å². The second kappa shape index (κ2) is 50.2. The van der Waals surface area contributed by atoms with Crippen molar-refractivity contribution in [1.29, 1.82) is 0 Å². The number of hydrogen-bond acceptors (Lipinski definition) is 14. The van der Waals surface area contributed by atoms with Crippen molar-refractivity contribution in [3.05, 3.63) is 72.9 Å². The summed E-state index contributed by atoms with van der Waals surface area (Å²) in [6.45, 7) is 3.57. The molecule has 0 saturated carbocycles. The van der Waals surface area contributed by atoms with Gasteiger partial charge in [-0.1, -0.05) is 228 Å². The second-order valence-electron chi connectivity index (χ2n) is 21.5. The molecule has 0 bridgehead atoms. The highest BCUT2D eigenvalue weighted by molar-refractivity contribution is 5.69. The molecule has 2 heterocycles. The van der Waals surface area contributed by atoms with Crippen LogP contribution in [0, 0.1) is 0 Å². The molecule has 0 aromatic rings. The Morgan fingerprint density at radius 2 is 0.833 bits per heavy atom. The van der Waals surface area contributed by atoms with Crippen molar-refractivity contribution in [2.45, 2.75) is 293 Å². The average molecular weight is 1110 g/mol. The van der Waals surface area contributed by atoms with Crippen molar-refractivity contribution in [3.63, 3.8) is 0 Å². The van der Waals surface area contributed by atoms with Crippen LogP contribution in [-0.4, -0.2) is 142 Å². The van der Waals surface area contributed by atoms with Crippen LogP contribution >= 0.6 is 0 Å². The lowest BCUT2D eigenvalue weighted by atomic mass is 9.98. The third-order valence-electron chi connectivity index (χ3n) is 14.5. The predicted octanol–water partition coefficient (Wildman–Crippen LogP) is 11.8. The van der Waals surface area contributed by atoms with Gasteiger partial charge in [-0.05, 0) is 64.2 Å². The molecule has 0 aliphatic carbocycles. The Morgan fingerprint density at radius 1 is 0.436 bits per heavy atom. The largest absolute Gasteiger partial charge is 0.457 e. The maximum Gasteiger partial charge on any atom is 0.306 e. The van der Waals surface area contributed by atoms with Crippen molar-refractivity contribution in [2.24, 2.45) is 0 Å². The number of carbonyl (C=O) groups excluding carboxylic acids is 1. The van der Waals surface area contributed by atoms with Crippen LogP contribution in [0.25, 0.3) is 0 Å². The summed E-state index contributed by atoms with van der Waals surface area (Å²) in [6, 6.07) is 0. The zero-order valence-corrected chi connectivity index (χ0v) is 48.6. The van der Waals surface area contributed by atoms with Crippen molar-refractivity contribution < 1.29 is 69.0 Å². The summed E-state index contributed by atoms with van der Waals surface area (Å²) >= 11 is 0. The minimum Gasteiger partial charge on any atom is -0.457 e. The van der Waals surface area contributed by atoms with Gasteiger partial charge in [-0.25, -0.2) is 0 Å². The number of hydrogen-bond donors (Lipinski definition) is 7. The van der Waals surface area contributed by atoms with E-state index in [0.717, 1.165) is 83.5 Å². The summed E-state index contributed by atoms with van der Waals surface area (Å²) in [5.41, 5.74) is 0. The van der Waals surface area contributed by atoms with E-state index in [2.05, 4.69) is 86.8 Å². The molecule has 0 aromatic carbocycles. The summed E-state index contributed by atoms with van der Waals surface area (Å²) in [6.07, 6.45) is 48.2. The van der Waals surface area contributed by atoms with Gasteiger partial charge in [-0.2, -0.15) is 0 Å². The molecule has 14 heteroatoms. The lowest BCUT2D eigenvalue weighted by Gasteiger charge is -2.42. The van der Waals surface area contributed by atoms with Gasteiger partial charge in [-0.15, -0.1) is 0 Å². The van der Waals surface area contributed by atoms with E-state index in [-0.39, 0.29) is 19.6 Å². The highest BCUT2D eigenvalue weighted by Crippen LogP contribution is 2.27. The maximum absolute atomic E-state index is 13.1. The smallest absolute Gasteiger partial charge is 0.306 e. The van der Waals surface area contributed by atoms with Gasteiger partial charge >= 0.3 is 5.97 Å². The molecule has 2 saturated heterocycles. The number of carbonyl (C=O) groups is 1. The summed E-state index contributed by atoms with van der Waals surface area (Å²) in [5.74, 6) is -0.399. The highest BCUT2D eigenvalue weighted by atomic mass is 16.7. The van der Waals surface area contributed by atoms with E-state index < -0.39 is 86.7 Å². The SMILES string of the molecule is CC/C=C\C/C=C\C/C=C\C/C=C\C/C=C\C/C=C\CCCCCCC(=O)OC(COCCCCCCCCCCCCCCCCCCCCCCC)COC1OC(COC2OC(CO)C(O)C(O)C2O)C(O)C(O)C1O. The molecule has 452 valence electrons. The molecule has 0 spiro atoms. The number of rotatable bonds is 50. The van der Waals surface area contributed by atoms with Crippen LogP contribution in [0.2, 0.25) is 0 Å². The van der Waals surface area contributed by atoms with Crippen molar-refractivity contribution >= 4 is 5.97 Å². The van der Waals surface area contributed by atoms with Gasteiger partial charge in [0.25, 0.3) is 0 Å². The van der Waals surface area contributed by atoms with E-state index in [4.69, 9.17) is 28.4 Å². The average Bonchev–Trinajstić information content (AvgIpc) is 3.44. The minimum atomic E-state index is -1.71. The van der Waals surface area contributed by atoms with E-state index in [9.17, 15) is 40.5 Å². The van der Waals surface area contributed by atoms with Crippen LogP contribution in [-0.2, 0) is 33.2 Å². The molecular formula is C64H112O14. The van der Waals surface area contributed by atoms with Crippen LogP contribution in [0.3, 0.4) is 0 Å². The number of ether oxygens (including phenoxy) is 6. The summed E-state index contributed by atoms with van der Waals surface area (Å²) in [5, 5.41) is 72.4. The molecule has 78 heavy (non-hydrogen) atoms. The van der Waals surface area contributed by atoms with Gasteiger partial charge in [-0.3, -0.25) is 4.79 Å². The Balaban J connectivity index is 1.71. The summed E-state index contributed by atoms with van der Waals surface area (Å²) in [7, 11) is 0. The highest BCUT2D eigenvalue weighted by Gasteiger charge is 2.47. The minimum absolute atomic E-state index is 0.0501. The lowest BCUT2D eigenvalue weighted by Crippen LogP contribution is -2.61. The molecule has 0 radical (unpaired) electrons. The third-order valence-corrected chi connectivity index (χ3v) is 14.5. The van der Waals surface area contributed by atoms with Gasteiger partial charge < -0.3 is 64.2 Å². The molecule has 11 unspecified atom stereocenters. The maximum atomic E-state index is 13.1. The molecule has 0 aromatic heterocycles. The van der Waals surface area contributed by atoms with Crippen LogP contribution in [0.1, 0.15) is 226 Å². The van der Waals surface area contributed by atoms with Crippen molar-refractivity contribution in [1.82, 2.24) is 0 Å². The Bertz CT molecular complexity index is 1560. The van der Waals surface area contributed by atoms with E-state index in [1.165, 1.54) is 116 Å².